The molecule has 76 valence electrons. The molecule has 0 aliphatic rings. The van der Waals surface area contributed by atoms with Crippen molar-refractivity contribution in [3.8, 4) is 0 Å². The lowest BCUT2D eigenvalue weighted by atomic mass is 10.4. The molecule has 1 N–H and O–H groups in total. The first-order valence-corrected chi connectivity index (χ1v) is 4.09. The number of methoxy groups -OCH3 is 1. The van der Waals surface area contributed by atoms with Crippen LogP contribution in [0.4, 0.5) is 0 Å². The highest BCUT2D eigenvalue weighted by Crippen LogP contribution is 1.84. The van der Waals surface area contributed by atoms with Crippen molar-refractivity contribution >= 4 is 11.9 Å². The van der Waals surface area contributed by atoms with Gasteiger partial charge in [0.1, 0.15) is 0 Å². The average Bonchev–Trinajstić information content (AvgIpc) is 2.13. The molecule has 0 saturated heterocycles. The van der Waals surface area contributed by atoms with E-state index in [0.717, 1.165) is 0 Å². The Balaban J connectivity index is 3.68. The highest BCUT2D eigenvalue weighted by Gasteiger charge is 2.14. The Morgan fingerprint density at radius 3 is 2.54 bits per heavy atom. The number of carbonyl (C=O) groups is 2. The predicted molar refractivity (Wildman–Crippen MR) is 46.1 cm³/mol. The van der Waals surface area contributed by atoms with E-state index in [0.29, 0.717) is 6.54 Å². The second-order valence-electron chi connectivity index (χ2n) is 2.48. The van der Waals surface area contributed by atoms with E-state index in [1.165, 1.54) is 7.11 Å². The molecule has 1 amide bonds. The van der Waals surface area contributed by atoms with Gasteiger partial charge in [-0.15, -0.1) is 0 Å². The quantitative estimate of drug-likeness (QED) is 0.487. The maximum absolute atomic E-state index is 10.9. The Bertz CT molecular complexity index is 181. The summed E-state index contributed by atoms with van der Waals surface area (Å²) in [5.41, 5.74) is 0. The van der Waals surface area contributed by atoms with Gasteiger partial charge >= 0.3 is 11.9 Å². The summed E-state index contributed by atoms with van der Waals surface area (Å²) in [4.78, 5) is 21.7. The Hall–Kier alpha value is -1.10. The number of hydrogen-bond acceptors (Lipinski definition) is 4. The summed E-state index contributed by atoms with van der Waals surface area (Å²) < 4.78 is 9.35. The largest absolute Gasteiger partial charge is 0.459 e. The minimum absolute atomic E-state index is 0.113. The second-order valence-corrected chi connectivity index (χ2v) is 2.48. The molecule has 0 aliphatic carbocycles. The van der Waals surface area contributed by atoms with Crippen LogP contribution in [0.25, 0.3) is 0 Å². The number of carbonyl (C=O) groups excluding carboxylic acids is 2. The molecule has 0 heterocycles. The van der Waals surface area contributed by atoms with Crippen LogP contribution in [-0.2, 0) is 19.1 Å². The van der Waals surface area contributed by atoms with Crippen molar-refractivity contribution in [1.82, 2.24) is 5.32 Å². The zero-order chi connectivity index (χ0) is 10.3. The van der Waals surface area contributed by atoms with E-state index in [1.807, 2.05) is 0 Å². The summed E-state index contributed by atoms with van der Waals surface area (Å²) >= 11 is 0. The fourth-order valence-electron chi connectivity index (χ4n) is 0.589. The van der Waals surface area contributed by atoms with Crippen molar-refractivity contribution < 1.29 is 19.1 Å². The van der Waals surface area contributed by atoms with Crippen molar-refractivity contribution in [2.45, 2.75) is 20.0 Å². The Morgan fingerprint density at radius 2 is 2.08 bits per heavy atom. The minimum atomic E-state index is -0.856. The molecule has 13 heavy (non-hydrogen) atoms. The summed E-state index contributed by atoms with van der Waals surface area (Å²) in [6.45, 7) is 3.93. The van der Waals surface area contributed by atoms with Crippen molar-refractivity contribution in [3.05, 3.63) is 0 Å². The summed E-state index contributed by atoms with van der Waals surface area (Å²) in [6.07, 6.45) is -0.113. The molecule has 0 saturated carbocycles. The molecule has 5 nitrogen and oxygen atoms in total. The Kier molecular flexibility index (Phi) is 5.88. The van der Waals surface area contributed by atoms with E-state index < -0.39 is 11.9 Å². The minimum Gasteiger partial charge on any atom is -0.459 e. The van der Waals surface area contributed by atoms with Gasteiger partial charge in [0.2, 0.25) is 0 Å². The molecule has 0 spiro atoms. The molecule has 0 aromatic rings. The van der Waals surface area contributed by atoms with Gasteiger partial charge in [0.25, 0.3) is 0 Å². The summed E-state index contributed by atoms with van der Waals surface area (Å²) in [5.74, 6) is -1.59. The third kappa shape index (κ3) is 5.19. The highest BCUT2D eigenvalue weighted by molar-refractivity contribution is 6.32. The van der Waals surface area contributed by atoms with Gasteiger partial charge in [-0.3, -0.25) is 4.79 Å². The van der Waals surface area contributed by atoms with E-state index in [4.69, 9.17) is 4.74 Å². The highest BCUT2D eigenvalue weighted by atomic mass is 16.5. The number of hydrogen-bond donors (Lipinski definition) is 1. The van der Waals surface area contributed by atoms with E-state index in [2.05, 4.69) is 10.1 Å². The number of nitrogens with one attached hydrogen (secondary N) is 1. The van der Waals surface area contributed by atoms with Crippen molar-refractivity contribution in [3.63, 3.8) is 0 Å². The van der Waals surface area contributed by atoms with Crippen LogP contribution < -0.4 is 5.32 Å². The smallest absolute Gasteiger partial charge is 0.396 e. The molecule has 0 aromatic carbocycles. The molecular formula is C8H15NO4. The van der Waals surface area contributed by atoms with Gasteiger partial charge in [-0.2, -0.15) is 0 Å². The monoisotopic (exact) mass is 189 g/mol. The van der Waals surface area contributed by atoms with Gasteiger partial charge in [0.15, 0.2) is 0 Å². The molecule has 5 heteroatoms. The predicted octanol–water partition coefficient (Wildman–Crippen LogP) is -0.299. The lowest BCUT2D eigenvalue weighted by Gasteiger charge is -2.09. The summed E-state index contributed by atoms with van der Waals surface area (Å²) in [7, 11) is 1.53. The van der Waals surface area contributed by atoms with Crippen LogP contribution in [0.1, 0.15) is 13.8 Å². The first kappa shape index (κ1) is 11.9. The fraction of sp³-hybridized carbons (Fsp3) is 0.750. The van der Waals surface area contributed by atoms with Crippen LogP contribution in [-0.4, -0.2) is 38.2 Å². The van der Waals surface area contributed by atoms with E-state index >= 15 is 0 Å². The lowest BCUT2D eigenvalue weighted by molar-refractivity contribution is -0.154. The maximum atomic E-state index is 10.9. The van der Waals surface area contributed by atoms with Crippen LogP contribution in [0.2, 0.25) is 0 Å². The van der Waals surface area contributed by atoms with Gasteiger partial charge < -0.3 is 14.8 Å². The first-order valence-electron chi connectivity index (χ1n) is 4.09. The van der Waals surface area contributed by atoms with Crippen LogP contribution >= 0.6 is 0 Å². The fourth-order valence-corrected chi connectivity index (χ4v) is 0.589. The Labute approximate surface area is 77.4 Å². The van der Waals surface area contributed by atoms with E-state index in [9.17, 15) is 9.59 Å². The molecule has 0 fully saturated rings. The average molecular weight is 189 g/mol. The summed E-state index contributed by atoms with van der Waals surface area (Å²) in [6, 6.07) is 0. The third-order valence-corrected chi connectivity index (χ3v) is 1.41. The van der Waals surface area contributed by atoms with Gasteiger partial charge in [-0.25, -0.2) is 4.79 Å². The number of esters is 1. The van der Waals surface area contributed by atoms with Crippen LogP contribution in [0.3, 0.4) is 0 Å². The molecule has 0 rings (SSSR count). The van der Waals surface area contributed by atoms with Gasteiger partial charge in [-0.05, 0) is 13.8 Å². The molecule has 0 aromatic heterocycles. The molecule has 0 bridgehead atoms. The number of amides is 1. The summed E-state index contributed by atoms with van der Waals surface area (Å²) in [5, 5.41) is 2.38. The van der Waals surface area contributed by atoms with Crippen molar-refractivity contribution in [1.29, 1.82) is 0 Å². The van der Waals surface area contributed by atoms with Crippen molar-refractivity contribution in [2.24, 2.45) is 0 Å². The Morgan fingerprint density at radius 1 is 1.46 bits per heavy atom. The standard InChI is InChI=1S/C8H15NO4/c1-4-13-8(11)7(10)9-5-6(2)12-3/h6H,4-5H2,1-3H3,(H,9,10). The third-order valence-electron chi connectivity index (χ3n) is 1.41. The topological polar surface area (TPSA) is 64.6 Å². The zero-order valence-corrected chi connectivity index (χ0v) is 8.12. The number of ether oxygens (including phenoxy) is 2. The van der Waals surface area contributed by atoms with E-state index in [-0.39, 0.29) is 12.7 Å². The molecule has 1 unspecified atom stereocenters. The first-order chi connectivity index (χ1) is 6.11. The number of rotatable bonds is 4. The van der Waals surface area contributed by atoms with Gasteiger partial charge in [-0.1, -0.05) is 0 Å². The van der Waals surface area contributed by atoms with E-state index in [1.54, 1.807) is 13.8 Å². The maximum Gasteiger partial charge on any atom is 0.396 e. The molecule has 0 radical (unpaired) electrons. The normalized spacial score (nSPS) is 11.9. The second kappa shape index (κ2) is 6.42. The lowest BCUT2D eigenvalue weighted by Crippen LogP contribution is -2.37. The van der Waals surface area contributed by atoms with Crippen LogP contribution in [0.15, 0.2) is 0 Å². The van der Waals surface area contributed by atoms with Crippen LogP contribution in [0, 0.1) is 0 Å². The van der Waals surface area contributed by atoms with Crippen LogP contribution in [0.5, 0.6) is 0 Å². The van der Waals surface area contributed by atoms with Crippen molar-refractivity contribution in [2.75, 3.05) is 20.3 Å². The van der Waals surface area contributed by atoms with Gasteiger partial charge in [0.05, 0.1) is 12.7 Å². The molecule has 1 atom stereocenters. The molecular weight excluding hydrogens is 174 g/mol. The molecule has 0 aliphatic heterocycles. The van der Waals surface area contributed by atoms with Gasteiger partial charge in [0, 0.05) is 13.7 Å². The SMILES string of the molecule is CCOC(=O)C(=O)NCC(C)OC. The zero-order valence-electron chi connectivity index (χ0n) is 8.12.